The summed E-state index contributed by atoms with van der Waals surface area (Å²) in [5.41, 5.74) is 7.48. The van der Waals surface area contributed by atoms with Gasteiger partial charge in [0.1, 0.15) is 7.05 Å². The first kappa shape index (κ1) is 18.2. The average Bonchev–Trinajstić information content (AvgIpc) is 2.59. The normalized spacial score (nSPS) is 13.1. The van der Waals surface area contributed by atoms with E-state index in [0.717, 1.165) is 16.5 Å². The number of fused-ring (bicyclic) bond motifs is 1. The van der Waals surface area contributed by atoms with Gasteiger partial charge < -0.3 is 0 Å². The van der Waals surface area contributed by atoms with E-state index >= 15 is 0 Å². The van der Waals surface area contributed by atoms with Gasteiger partial charge in [0.05, 0.1) is 12.3 Å². The second-order valence-electron chi connectivity index (χ2n) is 9.91. The Kier molecular flexibility index (Phi) is 4.37. The van der Waals surface area contributed by atoms with Crippen LogP contribution in [0.4, 0.5) is 0 Å². The van der Waals surface area contributed by atoms with E-state index in [9.17, 15) is 0 Å². The monoisotopic (exact) mass is 361 g/mol. The summed E-state index contributed by atoms with van der Waals surface area (Å²) in [5.74, 6) is 0. The molecule has 0 aliphatic heterocycles. The fraction of sp³-hybridized carbons (Fsp3) is 0.423. The summed E-state index contributed by atoms with van der Waals surface area (Å²) >= 11 is 0. The predicted molar refractivity (Wildman–Crippen MR) is 117 cm³/mol. The van der Waals surface area contributed by atoms with Gasteiger partial charge in [0, 0.05) is 13.0 Å². The van der Waals surface area contributed by atoms with Crippen molar-refractivity contribution in [3.05, 3.63) is 64.8 Å². The predicted octanol–water partition coefficient (Wildman–Crippen LogP) is 6.54. The van der Waals surface area contributed by atoms with E-state index in [-0.39, 0.29) is 10.8 Å². The first-order chi connectivity index (χ1) is 12.8. The lowest BCUT2D eigenvalue weighted by Crippen LogP contribution is -2.35. The molecule has 0 unspecified atom stereocenters. The van der Waals surface area contributed by atoms with Crippen LogP contribution >= 0.6 is 0 Å². The van der Waals surface area contributed by atoms with Gasteiger partial charge in [-0.3, -0.25) is 0 Å². The Morgan fingerprint density at radius 3 is 1.96 bits per heavy atom. The van der Waals surface area contributed by atoms with Crippen LogP contribution in [0.2, 0.25) is 0 Å². The average molecular weight is 362 g/mol. The number of pyridine rings is 1. The van der Waals surface area contributed by atoms with Crippen molar-refractivity contribution >= 4 is 10.8 Å². The number of hydrogen-bond acceptors (Lipinski definition) is 0. The second-order valence-corrected chi connectivity index (χ2v) is 9.91. The fourth-order valence-electron chi connectivity index (χ4n) is 3.62. The van der Waals surface area contributed by atoms with Gasteiger partial charge in [0.2, 0.25) is 5.69 Å². The highest BCUT2D eigenvalue weighted by molar-refractivity contribution is 5.94. The lowest BCUT2D eigenvalue weighted by atomic mass is 9.83. The highest BCUT2D eigenvalue weighted by atomic mass is 14.9. The largest absolute Gasteiger partial charge is 0.220 e. The molecule has 3 rings (SSSR count). The van der Waals surface area contributed by atoms with Crippen molar-refractivity contribution < 1.29 is 5.94 Å². The molecule has 0 fully saturated rings. The number of aromatic nitrogens is 1. The molecule has 0 atom stereocenters. The van der Waals surface area contributed by atoms with Crippen LogP contribution in [0.1, 0.15) is 65.3 Å². The summed E-state index contributed by atoms with van der Waals surface area (Å²) in [6, 6.07) is 14.1. The summed E-state index contributed by atoms with van der Waals surface area (Å²) in [6.07, 6.45) is 0. The molecule has 1 aromatic heterocycles. The van der Waals surface area contributed by atoms with E-state index in [4.69, 9.17) is 1.37 Å². The standard InChI is InChI=1S/C26H34N/c1-17-10-11-21(26(6,7)8)16-23(17)24-22-13-12-20(25(3,4)5)15-19(22)14-18(2)27(24)9/h10-16H,1-9H3/q+1/i14D. The van der Waals surface area contributed by atoms with Gasteiger partial charge in [0.25, 0.3) is 0 Å². The lowest BCUT2D eigenvalue weighted by molar-refractivity contribution is -0.665. The Balaban J connectivity index is 2.43. The van der Waals surface area contributed by atoms with Crippen LogP contribution in [0.5, 0.6) is 0 Å². The molecular weight excluding hydrogens is 326 g/mol. The Hall–Kier alpha value is -2.15. The van der Waals surface area contributed by atoms with Crippen LogP contribution in [0.25, 0.3) is 22.0 Å². The number of aryl methyl sites for hydroxylation is 1. The zero-order valence-electron chi connectivity index (χ0n) is 19.4. The molecule has 0 bridgehead atoms. The number of nitrogens with zero attached hydrogens (tertiary/aromatic N) is 1. The van der Waals surface area contributed by atoms with E-state index in [1.54, 1.807) is 0 Å². The van der Waals surface area contributed by atoms with Gasteiger partial charge in [-0.15, -0.1) is 0 Å². The number of benzene rings is 2. The van der Waals surface area contributed by atoms with Crippen LogP contribution in [0, 0.1) is 13.8 Å². The molecule has 0 aliphatic rings. The molecule has 3 aromatic rings. The summed E-state index contributed by atoms with van der Waals surface area (Å²) in [5, 5.41) is 2.19. The van der Waals surface area contributed by atoms with Crippen LogP contribution in [-0.2, 0) is 17.9 Å². The van der Waals surface area contributed by atoms with Gasteiger partial charge >= 0.3 is 0 Å². The molecule has 0 radical (unpaired) electrons. The first-order valence-electron chi connectivity index (χ1n) is 10.4. The Labute approximate surface area is 166 Å². The fourth-order valence-corrected chi connectivity index (χ4v) is 3.62. The molecule has 0 saturated carbocycles. The summed E-state index contributed by atoms with van der Waals surface area (Å²) in [7, 11) is 2.09. The summed E-state index contributed by atoms with van der Waals surface area (Å²) < 4.78 is 11.0. The molecule has 0 N–H and O–H groups in total. The van der Waals surface area contributed by atoms with E-state index in [1.807, 2.05) is 0 Å². The van der Waals surface area contributed by atoms with Crippen LogP contribution < -0.4 is 4.57 Å². The molecule has 1 nitrogen and oxygen atoms in total. The smallest absolute Gasteiger partial charge is 0.198 e. The van der Waals surface area contributed by atoms with Gasteiger partial charge in [0.15, 0.2) is 5.69 Å². The minimum absolute atomic E-state index is 0.0643. The third-order valence-corrected chi connectivity index (χ3v) is 5.65. The molecule has 0 amide bonds. The van der Waals surface area contributed by atoms with Gasteiger partial charge in [-0.2, -0.15) is 4.57 Å². The van der Waals surface area contributed by atoms with Gasteiger partial charge in [-0.1, -0.05) is 65.8 Å². The Morgan fingerprint density at radius 2 is 1.37 bits per heavy atom. The first-order valence-corrected chi connectivity index (χ1v) is 9.87. The van der Waals surface area contributed by atoms with Crippen molar-refractivity contribution in [2.24, 2.45) is 7.05 Å². The SMILES string of the molecule is [2H]c1c(C)[n+](C)c(-c2cc(C(C)(C)C)ccc2C)c2ccc(C(C)(C)C)cc12. The van der Waals surface area contributed by atoms with Crippen molar-refractivity contribution in [3.63, 3.8) is 0 Å². The summed E-state index contributed by atoms with van der Waals surface area (Å²) in [4.78, 5) is 0. The van der Waals surface area contributed by atoms with Crippen LogP contribution in [0.15, 0.2) is 42.4 Å². The summed E-state index contributed by atoms with van der Waals surface area (Å²) in [6.45, 7) is 17.7. The molecular formula is C26H34N+. The van der Waals surface area contributed by atoms with Crippen LogP contribution in [0.3, 0.4) is 0 Å². The van der Waals surface area contributed by atoms with Crippen molar-refractivity contribution in [1.82, 2.24) is 0 Å². The zero-order valence-corrected chi connectivity index (χ0v) is 18.4. The molecule has 1 heteroatoms. The van der Waals surface area contributed by atoms with E-state index in [0.29, 0.717) is 6.04 Å². The van der Waals surface area contributed by atoms with Crippen LogP contribution in [-0.4, -0.2) is 0 Å². The molecule has 142 valence electrons. The number of rotatable bonds is 1. The zero-order chi connectivity index (χ0) is 21.0. The quantitative estimate of drug-likeness (QED) is 0.433. The third kappa shape index (κ3) is 3.65. The topological polar surface area (TPSA) is 3.88 Å². The lowest BCUT2D eigenvalue weighted by Gasteiger charge is -2.22. The Bertz CT molecular complexity index is 1060. The highest BCUT2D eigenvalue weighted by Gasteiger charge is 2.23. The third-order valence-electron chi connectivity index (χ3n) is 5.65. The van der Waals surface area contributed by atoms with E-state index in [1.165, 1.54) is 27.9 Å². The van der Waals surface area contributed by atoms with Gasteiger partial charge in [-0.25, -0.2) is 0 Å². The number of hydrogen-bond donors (Lipinski definition) is 0. The minimum Gasteiger partial charge on any atom is -0.198 e. The van der Waals surface area contributed by atoms with E-state index < -0.39 is 0 Å². The van der Waals surface area contributed by atoms with Crippen molar-refractivity contribution in [2.45, 2.75) is 66.2 Å². The molecule has 0 spiro atoms. The van der Waals surface area contributed by atoms with Gasteiger partial charge in [-0.05, 0) is 52.0 Å². The molecule has 1 heterocycles. The molecule has 0 aliphatic carbocycles. The van der Waals surface area contributed by atoms with Crippen molar-refractivity contribution in [2.75, 3.05) is 0 Å². The minimum atomic E-state index is 0.0643. The maximum absolute atomic E-state index is 8.76. The molecule has 27 heavy (non-hydrogen) atoms. The second kappa shape index (κ2) is 6.48. The van der Waals surface area contributed by atoms with E-state index in [2.05, 4.69) is 103 Å². The van der Waals surface area contributed by atoms with Crippen molar-refractivity contribution in [3.8, 4) is 11.3 Å². The molecule has 0 saturated heterocycles. The molecule has 2 aromatic carbocycles. The van der Waals surface area contributed by atoms with Crippen molar-refractivity contribution in [1.29, 1.82) is 0 Å². The maximum Gasteiger partial charge on any atom is 0.220 e. The Morgan fingerprint density at radius 1 is 0.815 bits per heavy atom. The highest BCUT2D eigenvalue weighted by Crippen LogP contribution is 2.34. The maximum atomic E-state index is 8.76.